The second-order valence-corrected chi connectivity index (χ2v) is 6.31. The molecule has 0 saturated heterocycles. The fourth-order valence-corrected chi connectivity index (χ4v) is 3.52. The maximum absolute atomic E-state index is 12.5. The molecule has 0 aromatic heterocycles. The molecule has 0 saturated carbocycles. The minimum Gasteiger partial charge on any atom is -0.508 e. The first-order valence-electron chi connectivity index (χ1n) is 5.66. The quantitative estimate of drug-likeness (QED) is 0.828. The Morgan fingerprint density at radius 3 is 2.21 bits per heavy atom. The predicted molar refractivity (Wildman–Crippen MR) is 71.1 cm³/mol. The normalized spacial score (nSPS) is 11.5. The number of hydrogen-bond acceptors (Lipinski definition) is 4. The monoisotopic (exact) mass is 278 g/mol. The molecule has 4 nitrogen and oxygen atoms in total. The van der Waals surface area contributed by atoms with E-state index in [1.165, 1.54) is 12.1 Å². The van der Waals surface area contributed by atoms with Crippen LogP contribution in [0.15, 0.2) is 46.2 Å². The Hall–Kier alpha value is -2.01. The predicted octanol–water partition coefficient (Wildman–Crippen LogP) is 2.55. The number of aryl methyl sites for hydroxylation is 2. The number of rotatable bonds is 2. The minimum absolute atomic E-state index is 0.124. The average Bonchev–Trinajstić information content (AvgIpc) is 2.31. The first-order chi connectivity index (χ1) is 8.82. The van der Waals surface area contributed by atoms with Crippen LogP contribution in [0.25, 0.3) is 0 Å². The summed E-state index contributed by atoms with van der Waals surface area (Å²) in [5.74, 6) is -0.584. The van der Waals surface area contributed by atoms with Crippen molar-refractivity contribution in [1.29, 1.82) is 0 Å². The number of sulfone groups is 1. The van der Waals surface area contributed by atoms with Crippen LogP contribution in [0.1, 0.15) is 11.1 Å². The maximum Gasteiger partial charge on any atom is 0.210 e. The molecule has 100 valence electrons. The molecule has 0 aliphatic rings. The van der Waals surface area contributed by atoms with E-state index in [2.05, 4.69) is 0 Å². The molecule has 0 fully saturated rings. The molecule has 0 unspecified atom stereocenters. The Bertz CT molecular complexity index is 733. The van der Waals surface area contributed by atoms with Crippen LogP contribution in [-0.4, -0.2) is 18.6 Å². The zero-order chi connectivity index (χ0) is 14.2. The van der Waals surface area contributed by atoms with E-state index in [1.807, 2.05) is 6.92 Å². The second-order valence-electron chi connectivity index (χ2n) is 4.42. The zero-order valence-electron chi connectivity index (χ0n) is 10.6. The fraction of sp³-hybridized carbons (Fsp3) is 0.143. The van der Waals surface area contributed by atoms with E-state index in [0.29, 0.717) is 5.56 Å². The summed E-state index contributed by atoms with van der Waals surface area (Å²) in [6.07, 6.45) is 0. The van der Waals surface area contributed by atoms with Crippen molar-refractivity contribution in [1.82, 2.24) is 0 Å². The number of benzene rings is 2. The van der Waals surface area contributed by atoms with Gasteiger partial charge in [-0.2, -0.15) is 0 Å². The lowest BCUT2D eigenvalue weighted by molar-refractivity contribution is 0.445. The highest BCUT2D eigenvalue weighted by Crippen LogP contribution is 2.32. The molecular formula is C14H14O4S. The van der Waals surface area contributed by atoms with Gasteiger partial charge in [0.05, 0.1) is 4.90 Å². The Labute approximate surface area is 111 Å². The molecule has 0 spiro atoms. The third-order valence-corrected chi connectivity index (χ3v) is 4.80. The van der Waals surface area contributed by atoms with Crippen molar-refractivity contribution in [2.24, 2.45) is 0 Å². The Kier molecular flexibility index (Phi) is 3.24. The van der Waals surface area contributed by atoms with Crippen LogP contribution in [0.2, 0.25) is 0 Å². The smallest absolute Gasteiger partial charge is 0.210 e. The average molecular weight is 278 g/mol. The van der Waals surface area contributed by atoms with Crippen LogP contribution in [0.4, 0.5) is 0 Å². The highest BCUT2D eigenvalue weighted by molar-refractivity contribution is 7.91. The molecule has 0 atom stereocenters. The molecule has 0 amide bonds. The second kappa shape index (κ2) is 4.59. The third kappa shape index (κ3) is 2.42. The van der Waals surface area contributed by atoms with Gasteiger partial charge in [0.15, 0.2) is 0 Å². The SMILES string of the molecule is Cc1ccc(S(=O)(=O)c2cc(O)ccc2O)c(C)c1. The molecular weight excluding hydrogens is 264 g/mol. The van der Waals surface area contributed by atoms with Crippen molar-refractivity contribution in [2.75, 3.05) is 0 Å². The summed E-state index contributed by atoms with van der Waals surface area (Å²) in [5, 5.41) is 19.1. The number of phenolic OH excluding ortho intramolecular Hbond substituents is 2. The van der Waals surface area contributed by atoms with Crippen LogP contribution in [0.5, 0.6) is 11.5 Å². The highest BCUT2D eigenvalue weighted by Gasteiger charge is 2.23. The topological polar surface area (TPSA) is 74.6 Å². The largest absolute Gasteiger partial charge is 0.508 e. The summed E-state index contributed by atoms with van der Waals surface area (Å²) >= 11 is 0. The molecule has 2 rings (SSSR count). The van der Waals surface area contributed by atoms with Gasteiger partial charge < -0.3 is 10.2 Å². The van der Waals surface area contributed by atoms with Crippen LogP contribution in [0.3, 0.4) is 0 Å². The molecule has 0 radical (unpaired) electrons. The molecule has 0 aliphatic heterocycles. The zero-order valence-corrected chi connectivity index (χ0v) is 11.4. The maximum atomic E-state index is 12.5. The van der Waals surface area contributed by atoms with Crippen LogP contribution in [-0.2, 0) is 9.84 Å². The van der Waals surface area contributed by atoms with Gasteiger partial charge in [0.1, 0.15) is 16.4 Å². The van der Waals surface area contributed by atoms with E-state index in [4.69, 9.17) is 0 Å². The summed E-state index contributed by atoms with van der Waals surface area (Å²) in [7, 11) is -3.85. The van der Waals surface area contributed by atoms with Crippen molar-refractivity contribution < 1.29 is 18.6 Å². The summed E-state index contributed by atoms with van der Waals surface area (Å²) in [6, 6.07) is 8.39. The number of aromatic hydroxyl groups is 2. The van der Waals surface area contributed by atoms with Crippen LogP contribution < -0.4 is 0 Å². The molecule has 5 heteroatoms. The van der Waals surface area contributed by atoms with E-state index < -0.39 is 9.84 Å². The number of phenols is 2. The summed E-state index contributed by atoms with van der Waals surface area (Å²) in [6.45, 7) is 3.56. The van der Waals surface area contributed by atoms with Gasteiger partial charge in [-0.25, -0.2) is 8.42 Å². The molecule has 0 heterocycles. The Morgan fingerprint density at radius 2 is 1.58 bits per heavy atom. The lowest BCUT2D eigenvalue weighted by Gasteiger charge is -2.10. The molecule has 19 heavy (non-hydrogen) atoms. The first kappa shape index (κ1) is 13.4. The van der Waals surface area contributed by atoms with Gasteiger partial charge in [-0.05, 0) is 37.6 Å². The fourth-order valence-electron chi connectivity index (χ4n) is 1.94. The lowest BCUT2D eigenvalue weighted by atomic mass is 10.2. The minimum atomic E-state index is -3.85. The Balaban J connectivity index is 2.69. The van der Waals surface area contributed by atoms with E-state index in [1.54, 1.807) is 19.1 Å². The van der Waals surface area contributed by atoms with Gasteiger partial charge in [-0.15, -0.1) is 0 Å². The van der Waals surface area contributed by atoms with Crippen LogP contribution >= 0.6 is 0 Å². The van der Waals surface area contributed by atoms with Gasteiger partial charge in [-0.3, -0.25) is 0 Å². The summed E-state index contributed by atoms with van der Waals surface area (Å²) in [5.41, 5.74) is 1.55. The van der Waals surface area contributed by atoms with Crippen molar-refractivity contribution >= 4 is 9.84 Å². The highest BCUT2D eigenvalue weighted by atomic mass is 32.2. The third-order valence-electron chi connectivity index (χ3n) is 2.85. The van der Waals surface area contributed by atoms with Gasteiger partial charge >= 0.3 is 0 Å². The van der Waals surface area contributed by atoms with E-state index in [9.17, 15) is 18.6 Å². The number of hydrogen-bond donors (Lipinski definition) is 2. The summed E-state index contributed by atoms with van der Waals surface area (Å²) < 4.78 is 24.9. The van der Waals surface area contributed by atoms with Crippen molar-refractivity contribution in [2.45, 2.75) is 23.6 Å². The van der Waals surface area contributed by atoms with Crippen LogP contribution in [0, 0.1) is 13.8 Å². The van der Waals surface area contributed by atoms with Crippen molar-refractivity contribution in [3.8, 4) is 11.5 Å². The molecule has 2 aromatic rings. The van der Waals surface area contributed by atoms with Crippen molar-refractivity contribution in [3.63, 3.8) is 0 Å². The van der Waals surface area contributed by atoms with E-state index >= 15 is 0 Å². The Morgan fingerprint density at radius 1 is 0.895 bits per heavy atom. The molecule has 2 N–H and O–H groups in total. The van der Waals surface area contributed by atoms with Gasteiger partial charge in [0.25, 0.3) is 0 Å². The molecule has 0 aliphatic carbocycles. The van der Waals surface area contributed by atoms with Gasteiger partial charge in [-0.1, -0.05) is 17.7 Å². The van der Waals surface area contributed by atoms with Crippen molar-refractivity contribution in [3.05, 3.63) is 47.5 Å². The van der Waals surface area contributed by atoms with Gasteiger partial charge in [0.2, 0.25) is 9.84 Å². The molecule has 0 bridgehead atoms. The van der Waals surface area contributed by atoms with E-state index in [-0.39, 0.29) is 21.3 Å². The van der Waals surface area contributed by atoms with E-state index in [0.717, 1.165) is 17.7 Å². The first-order valence-corrected chi connectivity index (χ1v) is 7.15. The standard InChI is InChI=1S/C14H14O4S/c1-9-3-6-13(10(2)7-9)19(17,18)14-8-11(15)4-5-12(14)16/h3-8,15-16H,1-2H3. The molecule has 2 aromatic carbocycles. The van der Waals surface area contributed by atoms with Gasteiger partial charge in [0, 0.05) is 6.07 Å². The lowest BCUT2D eigenvalue weighted by Crippen LogP contribution is -2.04. The summed E-state index contributed by atoms with van der Waals surface area (Å²) in [4.78, 5) is -0.168.